The molecular formula is C12H24N2O3S. The molecule has 1 aliphatic rings. The predicted octanol–water partition coefficient (Wildman–Crippen LogP) is -0.162. The van der Waals surface area contributed by atoms with Crippen LogP contribution in [0.25, 0.3) is 0 Å². The van der Waals surface area contributed by atoms with Crippen LogP contribution < -0.4 is 5.32 Å². The van der Waals surface area contributed by atoms with Crippen LogP contribution in [-0.2, 0) is 20.3 Å². The lowest BCUT2D eigenvalue weighted by atomic mass is 10.0. The van der Waals surface area contributed by atoms with Crippen molar-refractivity contribution < 1.29 is 13.7 Å². The molecule has 1 aliphatic heterocycles. The Morgan fingerprint density at radius 1 is 1.56 bits per heavy atom. The second kappa shape index (κ2) is 7.86. The smallest absolute Gasteiger partial charge is 0.234 e. The summed E-state index contributed by atoms with van der Waals surface area (Å²) in [5.41, 5.74) is 0. The summed E-state index contributed by atoms with van der Waals surface area (Å²) >= 11 is 0. The number of hydrogen-bond acceptors (Lipinski definition) is 4. The van der Waals surface area contributed by atoms with Crippen molar-refractivity contribution in [1.29, 1.82) is 0 Å². The molecule has 0 aliphatic carbocycles. The third-order valence-corrected chi connectivity index (χ3v) is 4.45. The van der Waals surface area contributed by atoms with Crippen LogP contribution in [0.1, 0.15) is 13.3 Å². The third kappa shape index (κ3) is 5.04. The lowest BCUT2D eigenvalue weighted by Gasteiger charge is -2.23. The van der Waals surface area contributed by atoms with Crippen molar-refractivity contribution in [1.82, 2.24) is 10.2 Å². The number of ether oxygens (including phenoxy) is 1. The molecule has 0 radical (unpaired) electrons. The summed E-state index contributed by atoms with van der Waals surface area (Å²) in [5.74, 6) is 0.985. The van der Waals surface area contributed by atoms with Gasteiger partial charge in [-0.05, 0) is 13.0 Å². The molecule has 18 heavy (non-hydrogen) atoms. The Morgan fingerprint density at radius 3 is 2.78 bits per heavy atom. The molecule has 6 heteroatoms. The highest BCUT2D eigenvalue weighted by Gasteiger charge is 2.27. The van der Waals surface area contributed by atoms with Gasteiger partial charge in [0.25, 0.3) is 0 Å². The molecule has 0 saturated carbocycles. The fraction of sp³-hybridized carbons (Fsp3) is 0.917. The summed E-state index contributed by atoms with van der Waals surface area (Å²) in [6.45, 7) is 4.41. The Balaban J connectivity index is 2.44. The van der Waals surface area contributed by atoms with E-state index in [1.165, 1.54) is 4.90 Å². The maximum absolute atomic E-state index is 12.0. The highest BCUT2D eigenvalue weighted by Crippen LogP contribution is 2.17. The maximum atomic E-state index is 12.0. The van der Waals surface area contributed by atoms with Gasteiger partial charge in [-0.1, -0.05) is 6.92 Å². The second-order valence-electron chi connectivity index (χ2n) is 4.83. The summed E-state index contributed by atoms with van der Waals surface area (Å²) < 4.78 is 17.4. The van der Waals surface area contributed by atoms with E-state index < -0.39 is 10.8 Å². The Bertz CT molecular complexity index is 291. The zero-order valence-corrected chi connectivity index (χ0v) is 12.3. The normalized spacial score (nSPS) is 22.7. The summed E-state index contributed by atoms with van der Waals surface area (Å²) in [7, 11) is 2.27. The molecule has 0 spiro atoms. The molecule has 0 bridgehead atoms. The summed E-state index contributed by atoms with van der Waals surface area (Å²) in [5, 5.41) is 3.36. The molecule has 1 rings (SSSR count). The molecule has 1 fully saturated rings. The van der Waals surface area contributed by atoms with Crippen LogP contribution in [0.4, 0.5) is 0 Å². The second-order valence-corrected chi connectivity index (χ2v) is 6.33. The molecule has 0 aromatic rings. The van der Waals surface area contributed by atoms with Crippen molar-refractivity contribution >= 4 is 16.7 Å². The molecule has 3 unspecified atom stereocenters. The SMILES string of the molecule is CCNC(CS(=O)CC(=O)N(C)C)C1CCOC1. The monoisotopic (exact) mass is 276 g/mol. The van der Waals surface area contributed by atoms with Gasteiger partial charge in [0.2, 0.25) is 5.91 Å². The topological polar surface area (TPSA) is 58.6 Å². The van der Waals surface area contributed by atoms with Gasteiger partial charge in [0.1, 0.15) is 5.75 Å². The van der Waals surface area contributed by atoms with Crippen molar-refractivity contribution in [2.24, 2.45) is 5.92 Å². The van der Waals surface area contributed by atoms with Gasteiger partial charge in [-0.25, -0.2) is 0 Å². The van der Waals surface area contributed by atoms with Gasteiger partial charge >= 0.3 is 0 Å². The molecule has 0 aromatic carbocycles. The first kappa shape index (κ1) is 15.6. The molecule has 1 saturated heterocycles. The molecule has 1 N–H and O–H groups in total. The lowest BCUT2D eigenvalue weighted by Crippen LogP contribution is -2.42. The Kier molecular flexibility index (Phi) is 6.81. The Labute approximate surface area is 112 Å². The molecule has 106 valence electrons. The van der Waals surface area contributed by atoms with E-state index >= 15 is 0 Å². The first-order valence-corrected chi connectivity index (χ1v) is 7.89. The highest BCUT2D eigenvalue weighted by molar-refractivity contribution is 7.85. The fourth-order valence-electron chi connectivity index (χ4n) is 2.02. The number of carbonyl (C=O) groups is 1. The summed E-state index contributed by atoms with van der Waals surface area (Å²) in [6.07, 6.45) is 1.01. The van der Waals surface area contributed by atoms with E-state index in [0.29, 0.717) is 11.7 Å². The van der Waals surface area contributed by atoms with Gasteiger partial charge in [-0.15, -0.1) is 0 Å². The number of nitrogens with one attached hydrogen (secondary N) is 1. The zero-order valence-electron chi connectivity index (χ0n) is 11.5. The number of hydrogen-bond donors (Lipinski definition) is 1. The molecule has 0 aromatic heterocycles. The molecule has 1 amide bonds. The van der Waals surface area contributed by atoms with Crippen LogP contribution in [0.5, 0.6) is 0 Å². The molecule has 1 heterocycles. The molecule has 5 nitrogen and oxygen atoms in total. The standard InChI is InChI=1S/C12H24N2O3S/c1-4-13-11(10-5-6-17-7-10)8-18(16)9-12(15)14(2)3/h10-11,13H,4-9H2,1-3H3. The lowest BCUT2D eigenvalue weighted by molar-refractivity contribution is -0.125. The van der Waals surface area contributed by atoms with Gasteiger partial charge in [0, 0.05) is 49.2 Å². The van der Waals surface area contributed by atoms with E-state index in [0.717, 1.165) is 26.2 Å². The first-order valence-electron chi connectivity index (χ1n) is 6.40. The van der Waals surface area contributed by atoms with Gasteiger partial charge in [0.05, 0.1) is 6.61 Å². The largest absolute Gasteiger partial charge is 0.381 e. The number of carbonyl (C=O) groups excluding carboxylic acids is 1. The van der Waals surface area contributed by atoms with Crippen molar-refractivity contribution in [3.05, 3.63) is 0 Å². The van der Waals surface area contributed by atoms with E-state index in [-0.39, 0.29) is 17.7 Å². The van der Waals surface area contributed by atoms with Crippen molar-refractivity contribution in [2.45, 2.75) is 19.4 Å². The fourth-order valence-corrected chi connectivity index (χ4v) is 3.46. The molecule has 3 atom stereocenters. The van der Waals surface area contributed by atoms with Crippen LogP contribution in [0.2, 0.25) is 0 Å². The van der Waals surface area contributed by atoms with E-state index in [9.17, 15) is 9.00 Å². The predicted molar refractivity (Wildman–Crippen MR) is 73.0 cm³/mol. The minimum absolute atomic E-state index is 0.0775. The van der Waals surface area contributed by atoms with Crippen LogP contribution in [0.3, 0.4) is 0 Å². The first-order chi connectivity index (χ1) is 8.54. The van der Waals surface area contributed by atoms with Gasteiger partial charge in [-0.3, -0.25) is 9.00 Å². The quantitative estimate of drug-likeness (QED) is 0.702. The number of amides is 1. The van der Waals surface area contributed by atoms with Crippen molar-refractivity contribution in [3.63, 3.8) is 0 Å². The van der Waals surface area contributed by atoms with Crippen LogP contribution in [0, 0.1) is 5.92 Å². The van der Waals surface area contributed by atoms with Crippen LogP contribution in [0.15, 0.2) is 0 Å². The van der Waals surface area contributed by atoms with Crippen molar-refractivity contribution in [3.8, 4) is 0 Å². The summed E-state index contributed by atoms with van der Waals surface area (Å²) in [6, 6.07) is 0.188. The average Bonchev–Trinajstić information content (AvgIpc) is 2.81. The average molecular weight is 276 g/mol. The van der Waals surface area contributed by atoms with E-state index in [2.05, 4.69) is 5.32 Å². The minimum atomic E-state index is -1.11. The number of nitrogens with zero attached hydrogens (tertiary/aromatic N) is 1. The summed E-state index contributed by atoms with van der Waals surface area (Å²) in [4.78, 5) is 13.0. The van der Waals surface area contributed by atoms with Crippen LogP contribution in [-0.4, -0.2) is 66.4 Å². The van der Waals surface area contributed by atoms with E-state index in [4.69, 9.17) is 4.74 Å². The van der Waals surface area contributed by atoms with Gasteiger partial charge in [-0.2, -0.15) is 0 Å². The van der Waals surface area contributed by atoms with Gasteiger partial charge < -0.3 is 15.0 Å². The van der Waals surface area contributed by atoms with Gasteiger partial charge in [0.15, 0.2) is 0 Å². The van der Waals surface area contributed by atoms with Crippen molar-refractivity contribution in [2.75, 3.05) is 45.4 Å². The third-order valence-electron chi connectivity index (χ3n) is 3.15. The van der Waals surface area contributed by atoms with Crippen LogP contribution >= 0.6 is 0 Å². The van der Waals surface area contributed by atoms with E-state index in [1.807, 2.05) is 6.92 Å². The Morgan fingerprint density at radius 2 is 2.28 bits per heavy atom. The highest BCUT2D eigenvalue weighted by atomic mass is 32.2. The zero-order chi connectivity index (χ0) is 13.5. The maximum Gasteiger partial charge on any atom is 0.234 e. The molecular weight excluding hydrogens is 252 g/mol. The van der Waals surface area contributed by atoms with E-state index in [1.54, 1.807) is 14.1 Å². The Hall–Kier alpha value is -0.460. The minimum Gasteiger partial charge on any atom is -0.381 e. The number of rotatable bonds is 7.